The van der Waals surface area contributed by atoms with Gasteiger partial charge in [0.05, 0.1) is 11.3 Å². The summed E-state index contributed by atoms with van der Waals surface area (Å²) in [6.07, 6.45) is 1.81. The van der Waals surface area contributed by atoms with Gasteiger partial charge in [0, 0.05) is 30.8 Å². The first-order valence-corrected chi connectivity index (χ1v) is 12.5. The fourth-order valence-corrected chi connectivity index (χ4v) is 4.20. The number of ether oxygens (including phenoxy) is 1. The lowest BCUT2D eigenvalue weighted by molar-refractivity contribution is 0.0238. The third-order valence-corrected chi connectivity index (χ3v) is 6.17. The Morgan fingerprint density at radius 1 is 1.03 bits per heavy atom. The number of rotatable bonds is 11. The Bertz CT molecular complexity index is 1380. The SMILES string of the molecule is CCc1cccc(CNC[C@@H](OC(=O)c2cccc(-c3nc(C)co3)c2)[C@@H](N)Cc2cc(F)cc(F)c2)c1.Cl. The molecule has 0 amide bonds. The maximum Gasteiger partial charge on any atom is 0.338 e. The second kappa shape index (κ2) is 14.0. The molecule has 3 N–H and O–H groups in total. The smallest absolute Gasteiger partial charge is 0.338 e. The molecule has 0 bridgehead atoms. The highest BCUT2D eigenvalue weighted by molar-refractivity contribution is 5.90. The molecule has 0 saturated heterocycles. The summed E-state index contributed by atoms with van der Waals surface area (Å²) in [5, 5.41) is 3.31. The van der Waals surface area contributed by atoms with Crippen LogP contribution in [0.15, 0.2) is 77.4 Å². The van der Waals surface area contributed by atoms with Crippen molar-refractivity contribution in [3.8, 4) is 11.5 Å². The molecule has 1 heterocycles. The molecule has 0 spiro atoms. The average Bonchev–Trinajstić information content (AvgIpc) is 3.34. The maximum absolute atomic E-state index is 13.8. The number of nitrogens with zero attached hydrogens (tertiary/aromatic N) is 1. The van der Waals surface area contributed by atoms with Crippen LogP contribution in [0.2, 0.25) is 0 Å². The van der Waals surface area contributed by atoms with Gasteiger partial charge in [-0.05, 0) is 66.8 Å². The van der Waals surface area contributed by atoms with Gasteiger partial charge in [0.2, 0.25) is 5.89 Å². The van der Waals surface area contributed by atoms with Crippen molar-refractivity contribution in [1.82, 2.24) is 10.3 Å². The Labute approximate surface area is 233 Å². The van der Waals surface area contributed by atoms with Gasteiger partial charge in [-0.3, -0.25) is 0 Å². The Balaban J connectivity index is 0.00000420. The Kier molecular flexibility index (Phi) is 10.7. The van der Waals surface area contributed by atoms with Crippen LogP contribution in [0.1, 0.15) is 39.7 Å². The number of hydrogen-bond donors (Lipinski definition) is 2. The second-order valence-electron chi connectivity index (χ2n) is 9.27. The fraction of sp³-hybridized carbons (Fsp3) is 0.267. The van der Waals surface area contributed by atoms with Gasteiger partial charge in [-0.1, -0.05) is 37.3 Å². The molecule has 3 aromatic carbocycles. The number of nitrogens with one attached hydrogen (secondary N) is 1. The molecule has 9 heteroatoms. The zero-order valence-corrected chi connectivity index (χ0v) is 22.6. The molecule has 0 saturated carbocycles. The lowest BCUT2D eigenvalue weighted by atomic mass is 10.0. The number of nitrogens with two attached hydrogens (primary N) is 1. The van der Waals surface area contributed by atoms with Crippen molar-refractivity contribution in [2.24, 2.45) is 5.73 Å². The van der Waals surface area contributed by atoms with Gasteiger partial charge in [0.15, 0.2) is 0 Å². The van der Waals surface area contributed by atoms with Gasteiger partial charge < -0.3 is 20.2 Å². The van der Waals surface area contributed by atoms with Crippen LogP contribution < -0.4 is 11.1 Å². The van der Waals surface area contributed by atoms with Crippen LogP contribution in [-0.4, -0.2) is 29.6 Å². The topological polar surface area (TPSA) is 90.4 Å². The Morgan fingerprint density at radius 2 is 1.74 bits per heavy atom. The van der Waals surface area contributed by atoms with Crippen LogP contribution in [0.3, 0.4) is 0 Å². The minimum absolute atomic E-state index is 0. The predicted molar refractivity (Wildman–Crippen MR) is 149 cm³/mol. The van der Waals surface area contributed by atoms with Crippen LogP contribution in [-0.2, 0) is 24.1 Å². The number of benzene rings is 3. The van der Waals surface area contributed by atoms with Gasteiger partial charge in [0.1, 0.15) is 24.0 Å². The average molecular weight is 556 g/mol. The molecule has 4 aromatic rings. The monoisotopic (exact) mass is 555 g/mol. The third kappa shape index (κ3) is 8.45. The molecule has 206 valence electrons. The standard InChI is InChI=1S/C30H31F2N3O3.ClH/c1-3-20-6-4-7-21(10-20)16-34-17-28(27(33)13-22-11-25(31)15-26(32)12-22)38-30(36)24-9-5-8-23(14-24)29-35-19(2)18-37-29;/h4-12,14-15,18,27-28,34H,3,13,16-17,33H2,1-2H3;1H/t27-,28+;/m0./s1. The number of aromatic nitrogens is 1. The molecule has 0 aliphatic rings. The van der Waals surface area contributed by atoms with Gasteiger partial charge in [-0.2, -0.15) is 0 Å². The van der Waals surface area contributed by atoms with Crippen LogP contribution in [0, 0.1) is 18.6 Å². The van der Waals surface area contributed by atoms with Crippen molar-refractivity contribution in [3.63, 3.8) is 0 Å². The van der Waals surface area contributed by atoms with E-state index in [2.05, 4.69) is 29.4 Å². The molecule has 0 radical (unpaired) electrons. The first kappa shape index (κ1) is 30.0. The molecular formula is C30H32ClF2N3O3. The maximum atomic E-state index is 13.8. The van der Waals surface area contributed by atoms with E-state index in [4.69, 9.17) is 14.9 Å². The normalized spacial score (nSPS) is 12.4. The van der Waals surface area contributed by atoms with Crippen molar-refractivity contribution in [2.45, 2.75) is 45.4 Å². The molecular weight excluding hydrogens is 524 g/mol. The van der Waals surface area contributed by atoms with Crippen LogP contribution in [0.4, 0.5) is 8.78 Å². The number of carbonyl (C=O) groups excluding carboxylic acids is 1. The summed E-state index contributed by atoms with van der Waals surface area (Å²) >= 11 is 0. The number of hydrogen-bond acceptors (Lipinski definition) is 6. The summed E-state index contributed by atoms with van der Waals surface area (Å²) in [4.78, 5) is 17.5. The summed E-state index contributed by atoms with van der Waals surface area (Å²) < 4.78 is 38.8. The molecule has 0 aliphatic carbocycles. The number of carbonyl (C=O) groups is 1. The van der Waals surface area contributed by atoms with Crippen molar-refractivity contribution in [2.75, 3.05) is 6.54 Å². The van der Waals surface area contributed by atoms with Gasteiger partial charge in [-0.25, -0.2) is 18.6 Å². The lowest BCUT2D eigenvalue weighted by Gasteiger charge is -2.25. The largest absolute Gasteiger partial charge is 0.456 e. The quantitative estimate of drug-likeness (QED) is 0.227. The highest BCUT2D eigenvalue weighted by Gasteiger charge is 2.24. The summed E-state index contributed by atoms with van der Waals surface area (Å²) in [6, 6.07) is 17.5. The summed E-state index contributed by atoms with van der Waals surface area (Å²) in [5.74, 6) is -1.55. The van der Waals surface area contributed by atoms with Crippen LogP contribution in [0.25, 0.3) is 11.5 Å². The highest BCUT2D eigenvalue weighted by Crippen LogP contribution is 2.21. The predicted octanol–water partition coefficient (Wildman–Crippen LogP) is 5.80. The first-order valence-electron chi connectivity index (χ1n) is 12.5. The fourth-order valence-electron chi connectivity index (χ4n) is 4.20. The van der Waals surface area contributed by atoms with Gasteiger partial charge in [-0.15, -0.1) is 12.4 Å². The molecule has 2 atom stereocenters. The van der Waals surface area contributed by atoms with Crippen LogP contribution >= 0.6 is 12.4 Å². The van der Waals surface area contributed by atoms with Crippen molar-refractivity contribution >= 4 is 18.4 Å². The van der Waals surface area contributed by atoms with Crippen LogP contribution in [0.5, 0.6) is 0 Å². The Hall–Kier alpha value is -3.59. The van der Waals surface area contributed by atoms with Gasteiger partial charge in [0.25, 0.3) is 0 Å². The van der Waals surface area contributed by atoms with Crippen molar-refractivity contribution in [1.29, 1.82) is 0 Å². The summed E-state index contributed by atoms with van der Waals surface area (Å²) in [7, 11) is 0. The Morgan fingerprint density at radius 3 is 2.44 bits per heavy atom. The van der Waals surface area contributed by atoms with E-state index in [1.807, 2.05) is 19.1 Å². The summed E-state index contributed by atoms with van der Waals surface area (Å²) in [6.45, 7) is 4.70. The zero-order chi connectivity index (χ0) is 27.1. The number of aryl methyl sites for hydroxylation is 2. The highest BCUT2D eigenvalue weighted by atomic mass is 35.5. The van der Waals surface area contributed by atoms with E-state index in [1.54, 1.807) is 24.3 Å². The minimum Gasteiger partial charge on any atom is -0.456 e. The molecule has 4 rings (SSSR count). The van der Waals surface area contributed by atoms with E-state index in [9.17, 15) is 13.6 Å². The summed E-state index contributed by atoms with van der Waals surface area (Å²) in [5.41, 5.74) is 10.8. The van der Waals surface area contributed by atoms with Crippen molar-refractivity contribution < 1.29 is 22.7 Å². The van der Waals surface area contributed by atoms with E-state index < -0.39 is 29.7 Å². The minimum atomic E-state index is -0.768. The number of oxazole rings is 1. The molecule has 6 nitrogen and oxygen atoms in total. The number of esters is 1. The lowest BCUT2D eigenvalue weighted by Crippen LogP contribution is -2.46. The van der Waals surface area contributed by atoms with Gasteiger partial charge >= 0.3 is 5.97 Å². The third-order valence-electron chi connectivity index (χ3n) is 6.17. The van der Waals surface area contributed by atoms with E-state index in [0.29, 0.717) is 29.1 Å². The second-order valence-corrected chi connectivity index (χ2v) is 9.27. The van der Waals surface area contributed by atoms with Crippen molar-refractivity contribution in [3.05, 3.63) is 113 Å². The number of halogens is 3. The molecule has 39 heavy (non-hydrogen) atoms. The first-order chi connectivity index (χ1) is 18.3. The van der Waals surface area contributed by atoms with E-state index >= 15 is 0 Å². The van der Waals surface area contributed by atoms with E-state index in [0.717, 1.165) is 23.7 Å². The van der Waals surface area contributed by atoms with E-state index in [1.165, 1.54) is 24.0 Å². The molecule has 1 aromatic heterocycles. The molecule has 0 aliphatic heterocycles. The van der Waals surface area contributed by atoms with E-state index in [-0.39, 0.29) is 25.4 Å². The molecule has 0 unspecified atom stereocenters. The molecule has 0 fully saturated rings. The zero-order valence-electron chi connectivity index (χ0n) is 21.8.